The fraction of sp³-hybridized carbons (Fsp3) is 0.278. The molecule has 7 nitrogen and oxygen atoms in total. The zero-order chi connectivity index (χ0) is 18.0. The summed E-state index contributed by atoms with van der Waals surface area (Å²) in [5.74, 6) is 0.991. The number of hydrogen-bond donors (Lipinski definition) is 2. The van der Waals surface area contributed by atoms with Gasteiger partial charge in [-0.15, -0.1) is 0 Å². The minimum Gasteiger partial charge on any atom is -0.497 e. The summed E-state index contributed by atoms with van der Waals surface area (Å²) in [6.07, 6.45) is 0. The van der Waals surface area contributed by atoms with E-state index in [4.69, 9.17) is 4.74 Å². The molecule has 3 rings (SSSR count). The molecular formula is C18H21N5O2. The van der Waals surface area contributed by atoms with E-state index in [1.165, 1.54) is 0 Å². The number of anilines is 1. The predicted octanol–water partition coefficient (Wildman–Crippen LogP) is 3.17. The first-order valence-corrected chi connectivity index (χ1v) is 8.08. The van der Waals surface area contributed by atoms with Crippen LogP contribution in [0.25, 0.3) is 11.1 Å². The van der Waals surface area contributed by atoms with Crippen molar-refractivity contribution in [2.24, 2.45) is 0 Å². The Morgan fingerprint density at radius 3 is 2.84 bits per heavy atom. The lowest BCUT2D eigenvalue weighted by atomic mass is 10.1. The van der Waals surface area contributed by atoms with Crippen molar-refractivity contribution >= 4 is 11.7 Å². The molecule has 25 heavy (non-hydrogen) atoms. The smallest absolute Gasteiger partial charge is 0.275 e. The first-order chi connectivity index (χ1) is 12.0. The topological polar surface area (TPSA) is 84.8 Å². The van der Waals surface area contributed by atoms with Crippen LogP contribution < -0.4 is 10.1 Å². The van der Waals surface area contributed by atoms with Crippen LogP contribution in [-0.4, -0.2) is 33.0 Å². The summed E-state index contributed by atoms with van der Waals surface area (Å²) in [5, 5.41) is 14.4. The zero-order valence-corrected chi connectivity index (χ0v) is 14.8. The Labute approximate surface area is 146 Å². The third kappa shape index (κ3) is 3.26. The van der Waals surface area contributed by atoms with E-state index in [0.717, 1.165) is 28.3 Å². The highest BCUT2D eigenvalue weighted by molar-refractivity contribution is 6.04. The number of carbonyl (C=O) groups is 1. The molecule has 0 aliphatic carbocycles. The summed E-state index contributed by atoms with van der Waals surface area (Å²) in [4.78, 5) is 12.7. The van der Waals surface area contributed by atoms with E-state index >= 15 is 0 Å². The molecule has 130 valence electrons. The molecule has 1 amide bonds. The molecule has 0 aliphatic rings. The van der Waals surface area contributed by atoms with Crippen LogP contribution in [0.2, 0.25) is 0 Å². The van der Waals surface area contributed by atoms with Gasteiger partial charge in [-0.05, 0) is 44.5 Å². The van der Waals surface area contributed by atoms with Gasteiger partial charge in [-0.1, -0.05) is 12.1 Å². The van der Waals surface area contributed by atoms with Crippen molar-refractivity contribution in [3.05, 3.63) is 47.4 Å². The highest BCUT2D eigenvalue weighted by atomic mass is 16.5. The van der Waals surface area contributed by atoms with Gasteiger partial charge in [0.2, 0.25) is 0 Å². The number of benzene rings is 1. The van der Waals surface area contributed by atoms with Crippen molar-refractivity contribution in [3.8, 4) is 16.9 Å². The molecule has 0 fully saturated rings. The minimum atomic E-state index is -0.238. The summed E-state index contributed by atoms with van der Waals surface area (Å²) < 4.78 is 6.96. The van der Waals surface area contributed by atoms with Gasteiger partial charge < -0.3 is 10.1 Å². The molecule has 2 N–H and O–H groups in total. The van der Waals surface area contributed by atoms with Gasteiger partial charge in [0.15, 0.2) is 5.82 Å². The maximum absolute atomic E-state index is 12.7. The fourth-order valence-electron chi connectivity index (χ4n) is 2.79. The van der Waals surface area contributed by atoms with Crippen molar-refractivity contribution in [1.29, 1.82) is 0 Å². The normalized spacial score (nSPS) is 10.7. The van der Waals surface area contributed by atoms with E-state index in [-0.39, 0.29) is 5.91 Å². The minimum absolute atomic E-state index is 0.238. The number of hydrogen-bond acceptors (Lipinski definition) is 4. The Balaban J connectivity index is 1.95. The van der Waals surface area contributed by atoms with Gasteiger partial charge in [0, 0.05) is 17.8 Å². The van der Waals surface area contributed by atoms with Crippen LogP contribution in [0.3, 0.4) is 0 Å². The first kappa shape index (κ1) is 16.8. The number of carbonyl (C=O) groups excluding carboxylic acids is 1. The average Bonchev–Trinajstić information content (AvgIpc) is 3.17. The molecule has 3 aromatic rings. The van der Waals surface area contributed by atoms with E-state index < -0.39 is 0 Å². The molecule has 0 aliphatic heterocycles. The number of methoxy groups -OCH3 is 1. The van der Waals surface area contributed by atoms with E-state index in [2.05, 4.69) is 20.6 Å². The molecule has 1 aromatic carbocycles. The summed E-state index contributed by atoms with van der Waals surface area (Å²) >= 11 is 0. The Kier molecular flexibility index (Phi) is 4.56. The molecule has 7 heteroatoms. The van der Waals surface area contributed by atoms with Crippen LogP contribution >= 0.6 is 0 Å². The van der Waals surface area contributed by atoms with Gasteiger partial charge in [-0.2, -0.15) is 10.2 Å². The van der Waals surface area contributed by atoms with Gasteiger partial charge in [0.05, 0.1) is 12.8 Å². The fourth-order valence-corrected chi connectivity index (χ4v) is 2.79. The molecule has 0 unspecified atom stereocenters. The quantitative estimate of drug-likeness (QED) is 0.748. The highest BCUT2D eigenvalue weighted by Crippen LogP contribution is 2.31. The van der Waals surface area contributed by atoms with E-state index in [0.29, 0.717) is 18.1 Å². The Morgan fingerprint density at radius 2 is 2.12 bits per heavy atom. The maximum Gasteiger partial charge on any atom is 0.275 e. The molecule has 2 heterocycles. The molecule has 0 saturated carbocycles. The van der Waals surface area contributed by atoms with Crippen LogP contribution in [0, 0.1) is 13.8 Å². The van der Waals surface area contributed by atoms with Crippen molar-refractivity contribution in [2.45, 2.75) is 27.3 Å². The summed E-state index contributed by atoms with van der Waals surface area (Å²) in [5.41, 5.74) is 3.94. The SMILES string of the molecule is CCn1nc(C)cc1C(=O)Nc1n[nH]c(C)c1-c1cccc(OC)c1. The van der Waals surface area contributed by atoms with Crippen LogP contribution in [0.5, 0.6) is 5.75 Å². The summed E-state index contributed by atoms with van der Waals surface area (Å²) in [7, 11) is 1.62. The number of aryl methyl sites for hydroxylation is 3. The monoisotopic (exact) mass is 339 g/mol. The third-order valence-electron chi connectivity index (χ3n) is 3.97. The number of H-pyrrole nitrogens is 1. The average molecular weight is 339 g/mol. The number of nitrogens with one attached hydrogen (secondary N) is 2. The van der Waals surface area contributed by atoms with Crippen LogP contribution in [0.1, 0.15) is 28.8 Å². The molecule has 2 aromatic heterocycles. The Morgan fingerprint density at radius 1 is 1.32 bits per heavy atom. The van der Waals surface area contributed by atoms with Gasteiger partial charge in [0.1, 0.15) is 11.4 Å². The molecule has 0 atom stereocenters. The Bertz CT molecular complexity index is 910. The number of amides is 1. The summed E-state index contributed by atoms with van der Waals surface area (Å²) in [6, 6.07) is 9.41. The third-order valence-corrected chi connectivity index (χ3v) is 3.97. The van der Waals surface area contributed by atoms with Crippen LogP contribution in [0.4, 0.5) is 5.82 Å². The van der Waals surface area contributed by atoms with Gasteiger partial charge in [-0.3, -0.25) is 14.6 Å². The highest BCUT2D eigenvalue weighted by Gasteiger charge is 2.19. The second-order valence-electron chi connectivity index (χ2n) is 5.75. The zero-order valence-electron chi connectivity index (χ0n) is 14.8. The molecule has 0 bridgehead atoms. The van der Waals surface area contributed by atoms with Crippen molar-refractivity contribution < 1.29 is 9.53 Å². The Hall–Kier alpha value is -3.09. The number of ether oxygens (including phenoxy) is 1. The number of nitrogens with zero attached hydrogens (tertiary/aromatic N) is 3. The largest absolute Gasteiger partial charge is 0.497 e. The van der Waals surface area contributed by atoms with Crippen molar-refractivity contribution in [2.75, 3.05) is 12.4 Å². The predicted molar refractivity (Wildman–Crippen MR) is 95.9 cm³/mol. The molecule has 0 radical (unpaired) electrons. The van der Waals surface area contributed by atoms with E-state index in [1.54, 1.807) is 17.9 Å². The van der Waals surface area contributed by atoms with E-state index in [1.807, 2.05) is 45.0 Å². The van der Waals surface area contributed by atoms with Gasteiger partial charge in [0.25, 0.3) is 5.91 Å². The lowest BCUT2D eigenvalue weighted by Gasteiger charge is -2.08. The number of rotatable bonds is 5. The van der Waals surface area contributed by atoms with Crippen LogP contribution in [-0.2, 0) is 6.54 Å². The lowest BCUT2D eigenvalue weighted by molar-refractivity contribution is 0.101. The molecule has 0 spiro atoms. The van der Waals surface area contributed by atoms with Crippen LogP contribution in [0.15, 0.2) is 30.3 Å². The van der Waals surface area contributed by atoms with E-state index in [9.17, 15) is 4.79 Å². The maximum atomic E-state index is 12.7. The lowest BCUT2D eigenvalue weighted by Crippen LogP contribution is -2.18. The molecule has 0 saturated heterocycles. The van der Waals surface area contributed by atoms with Crippen molar-refractivity contribution in [3.63, 3.8) is 0 Å². The van der Waals surface area contributed by atoms with Gasteiger partial charge in [-0.25, -0.2) is 0 Å². The second kappa shape index (κ2) is 6.80. The van der Waals surface area contributed by atoms with Crippen molar-refractivity contribution in [1.82, 2.24) is 20.0 Å². The number of aromatic nitrogens is 4. The first-order valence-electron chi connectivity index (χ1n) is 8.08. The number of aromatic amines is 1. The summed E-state index contributed by atoms with van der Waals surface area (Å²) in [6.45, 7) is 6.35. The molecular weight excluding hydrogens is 318 g/mol. The van der Waals surface area contributed by atoms with Gasteiger partial charge >= 0.3 is 0 Å². The standard InChI is InChI=1S/C18H21N5O2/c1-5-23-15(9-11(2)22-23)18(24)19-17-16(12(3)20-21-17)13-7-6-8-14(10-13)25-4/h6-10H,5H2,1-4H3,(H2,19,20,21,24). The second-order valence-corrected chi connectivity index (χ2v) is 5.75.